The number of rotatable bonds is 3. The molecule has 1 aliphatic heterocycles. The van der Waals surface area contributed by atoms with Gasteiger partial charge in [-0.25, -0.2) is 9.89 Å². The summed E-state index contributed by atoms with van der Waals surface area (Å²) in [6, 6.07) is 0.112. The third-order valence-electron chi connectivity index (χ3n) is 3.03. The zero-order valence-electron chi connectivity index (χ0n) is 10.8. The smallest absolute Gasteiger partial charge is 0.337 e. The van der Waals surface area contributed by atoms with Crippen molar-refractivity contribution in [1.82, 2.24) is 20.1 Å². The third kappa shape index (κ3) is 3.12. The number of carbonyl (C=O) groups excluding carboxylic acids is 1. The van der Waals surface area contributed by atoms with Crippen molar-refractivity contribution in [2.75, 3.05) is 25.0 Å². The molecule has 1 aliphatic rings. The van der Waals surface area contributed by atoms with Crippen LogP contribution in [-0.2, 0) is 0 Å². The van der Waals surface area contributed by atoms with Crippen molar-refractivity contribution in [2.45, 2.75) is 26.7 Å². The number of nitrogens with zero attached hydrogens (tertiary/aromatic N) is 3. The quantitative estimate of drug-likeness (QED) is 0.854. The maximum absolute atomic E-state index is 11.9. The topological polar surface area (TPSA) is 83.1 Å². The van der Waals surface area contributed by atoms with Gasteiger partial charge in [0.15, 0.2) is 0 Å². The number of likely N-dealkylation sites (tertiary alicyclic amines) is 1. The number of hydrogen-bond donors (Lipinski definition) is 2. The van der Waals surface area contributed by atoms with E-state index in [1.807, 2.05) is 6.92 Å². The summed E-state index contributed by atoms with van der Waals surface area (Å²) >= 11 is 0. The molecule has 100 valence electrons. The van der Waals surface area contributed by atoms with Crippen molar-refractivity contribution >= 4 is 12.0 Å². The number of aromatic nitrogens is 3. The second-order valence-corrected chi connectivity index (χ2v) is 4.50. The van der Waals surface area contributed by atoms with Gasteiger partial charge < -0.3 is 9.64 Å². The van der Waals surface area contributed by atoms with E-state index in [9.17, 15) is 4.79 Å². The van der Waals surface area contributed by atoms with Gasteiger partial charge in [-0.2, -0.15) is 4.98 Å². The zero-order chi connectivity index (χ0) is 13.0. The normalized spacial score (nSPS) is 16.7. The van der Waals surface area contributed by atoms with E-state index in [1.165, 1.54) is 0 Å². The highest BCUT2D eigenvalue weighted by molar-refractivity contribution is 5.87. The molecule has 1 fully saturated rings. The van der Waals surface area contributed by atoms with Crippen molar-refractivity contribution in [1.29, 1.82) is 0 Å². The average Bonchev–Trinajstić information content (AvgIpc) is 2.78. The minimum Gasteiger partial charge on any atom is -0.463 e. The van der Waals surface area contributed by atoms with Crippen molar-refractivity contribution < 1.29 is 9.53 Å². The van der Waals surface area contributed by atoms with E-state index in [2.05, 4.69) is 27.4 Å². The van der Waals surface area contributed by atoms with E-state index in [-0.39, 0.29) is 12.0 Å². The molecule has 1 aromatic rings. The van der Waals surface area contributed by atoms with Gasteiger partial charge in [-0.1, -0.05) is 6.92 Å². The van der Waals surface area contributed by atoms with E-state index >= 15 is 0 Å². The number of hydrogen-bond acceptors (Lipinski definition) is 4. The fourth-order valence-corrected chi connectivity index (χ4v) is 1.89. The number of nitrogens with one attached hydrogen (secondary N) is 2. The second kappa shape index (κ2) is 5.70. The molecule has 1 aromatic heterocycles. The van der Waals surface area contributed by atoms with E-state index in [0.29, 0.717) is 18.5 Å². The molecular formula is C11H19N5O2. The van der Waals surface area contributed by atoms with Crippen LogP contribution >= 0.6 is 0 Å². The largest absolute Gasteiger partial charge is 0.463 e. The number of H-pyrrole nitrogens is 1. The Morgan fingerprint density at radius 2 is 2.28 bits per heavy atom. The third-order valence-corrected chi connectivity index (χ3v) is 3.03. The van der Waals surface area contributed by atoms with E-state index in [4.69, 9.17) is 4.74 Å². The van der Waals surface area contributed by atoms with Crippen molar-refractivity contribution in [2.24, 2.45) is 5.92 Å². The van der Waals surface area contributed by atoms with Gasteiger partial charge in [0.05, 0.1) is 6.61 Å². The summed E-state index contributed by atoms with van der Waals surface area (Å²) in [4.78, 5) is 17.7. The molecule has 0 bridgehead atoms. The van der Waals surface area contributed by atoms with Crippen molar-refractivity contribution in [3.8, 4) is 6.01 Å². The van der Waals surface area contributed by atoms with Gasteiger partial charge in [0.25, 0.3) is 0 Å². The Hall–Kier alpha value is -1.79. The maximum atomic E-state index is 11.9. The number of anilines is 1. The summed E-state index contributed by atoms with van der Waals surface area (Å²) in [5, 5.41) is 9.13. The lowest BCUT2D eigenvalue weighted by atomic mass is 10.00. The molecule has 2 rings (SSSR count). The molecule has 2 amide bonds. The van der Waals surface area contributed by atoms with Crippen LogP contribution in [0.15, 0.2) is 0 Å². The van der Waals surface area contributed by atoms with Crippen LogP contribution in [0.1, 0.15) is 26.7 Å². The summed E-state index contributed by atoms with van der Waals surface area (Å²) in [5.74, 6) is 1.02. The molecule has 2 heterocycles. The fourth-order valence-electron chi connectivity index (χ4n) is 1.89. The molecule has 0 spiro atoms. The SMILES string of the molecule is CCOc1n[nH]c(NC(=O)N2CCC(C)CC2)n1. The molecule has 2 N–H and O–H groups in total. The molecule has 0 saturated carbocycles. The van der Waals surface area contributed by atoms with Crippen LogP contribution in [0.4, 0.5) is 10.7 Å². The summed E-state index contributed by atoms with van der Waals surface area (Å²) in [7, 11) is 0. The van der Waals surface area contributed by atoms with Gasteiger partial charge in [-0.05, 0) is 25.7 Å². The molecule has 0 unspecified atom stereocenters. The van der Waals surface area contributed by atoms with Crippen LogP contribution in [0.5, 0.6) is 6.01 Å². The highest BCUT2D eigenvalue weighted by Crippen LogP contribution is 2.16. The van der Waals surface area contributed by atoms with Gasteiger partial charge in [-0.3, -0.25) is 5.32 Å². The number of amides is 2. The van der Waals surface area contributed by atoms with Gasteiger partial charge in [-0.15, -0.1) is 5.10 Å². The Bertz CT molecular complexity index is 398. The Labute approximate surface area is 106 Å². The minimum atomic E-state index is -0.138. The highest BCUT2D eigenvalue weighted by atomic mass is 16.5. The van der Waals surface area contributed by atoms with Gasteiger partial charge in [0.1, 0.15) is 0 Å². The number of piperidine rings is 1. The molecule has 7 nitrogen and oxygen atoms in total. The Kier molecular flexibility index (Phi) is 4.01. The van der Waals surface area contributed by atoms with Crippen molar-refractivity contribution in [3.05, 3.63) is 0 Å². The first-order valence-electron chi connectivity index (χ1n) is 6.30. The summed E-state index contributed by atoms with van der Waals surface area (Å²) < 4.78 is 5.11. The molecule has 0 aromatic carbocycles. The molecule has 7 heteroatoms. The predicted octanol–water partition coefficient (Wildman–Crippen LogP) is 1.47. The van der Waals surface area contributed by atoms with Gasteiger partial charge in [0.2, 0.25) is 5.95 Å². The highest BCUT2D eigenvalue weighted by Gasteiger charge is 2.21. The second-order valence-electron chi connectivity index (χ2n) is 4.50. The maximum Gasteiger partial charge on any atom is 0.337 e. The van der Waals surface area contributed by atoms with Crippen LogP contribution in [0.3, 0.4) is 0 Å². The standard InChI is InChI=1S/C11H19N5O2/c1-3-18-10-12-9(14-15-10)13-11(17)16-6-4-8(2)5-7-16/h8H,3-7H2,1-2H3,(H2,12,13,14,15,17). The van der Waals surface area contributed by atoms with Crippen LogP contribution in [0.2, 0.25) is 0 Å². The van der Waals surface area contributed by atoms with Crippen LogP contribution < -0.4 is 10.1 Å². The summed E-state index contributed by atoms with van der Waals surface area (Å²) in [6.07, 6.45) is 2.10. The van der Waals surface area contributed by atoms with Crippen molar-refractivity contribution in [3.63, 3.8) is 0 Å². The monoisotopic (exact) mass is 253 g/mol. The molecule has 0 aliphatic carbocycles. The Balaban J connectivity index is 1.86. The fraction of sp³-hybridized carbons (Fsp3) is 0.727. The molecule has 0 atom stereocenters. The molecule has 0 radical (unpaired) electrons. The molecule has 1 saturated heterocycles. The lowest BCUT2D eigenvalue weighted by Gasteiger charge is -2.29. The average molecular weight is 253 g/mol. The molecular weight excluding hydrogens is 234 g/mol. The Morgan fingerprint density at radius 1 is 1.56 bits per heavy atom. The summed E-state index contributed by atoms with van der Waals surface area (Å²) in [6.45, 7) is 6.14. The van der Waals surface area contributed by atoms with E-state index in [0.717, 1.165) is 25.9 Å². The number of ether oxygens (including phenoxy) is 1. The lowest BCUT2D eigenvalue weighted by Crippen LogP contribution is -2.40. The van der Waals surface area contributed by atoms with E-state index in [1.54, 1.807) is 4.90 Å². The Morgan fingerprint density at radius 3 is 2.94 bits per heavy atom. The van der Waals surface area contributed by atoms with Gasteiger partial charge >= 0.3 is 12.0 Å². The number of aromatic amines is 1. The lowest BCUT2D eigenvalue weighted by molar-refractivity contribution is 0.186. The first-order valence-corrected chi connectivity index (χ1v) is 6.30. The van der Waals surface area contributed by atoms with Crippen LogP contribution in [0.25, 0.3) is 0 Å². The van der Waals surface area contributed by atoms with Crippen LogP contribution in [0, 0.1) is 5.92 Å². The molecule has 18 heavy (non-hydrogen) atoms. The first-order chi connectivity index (χ1) is 8.69. The first kappa shape index (κ1) is 12.7. The number of carbonyl (C=O) groups is 1. The predicted molar refractivity (Wildman–Crippen MR) is 66.5 cm³/mol. The van der Waals surface area contributed by atoms with Crippen LogP contribution in [-0.4, -0.2) is 45.8 Å². The number of urea groups is 1. The van der Waals surface area contributed by atoms with E-state index < -0.39 is 0 Å². The summed E-state index contributed by atoms with van der Waals surface area (Å²) in [5.41, 5.74) is 0. The minimum absolute atomic E-state index is 0.138. The van der Waals surface area contributed by atoms with Gasteiger partial charge in [0, 0.05) is 13.1 Å². The zero-order valence-corrected chi connectivity index (χ0v) is 10.8.